The monoisotopic (exact) mass is 381 g/mol. The SMILES string of the molecule is CCNC(=NCCNS(C)(=O)=O)NC1CC(C)N(Cc2ccccc2)C1. The second-order valence-corrected chi connectivity index (χ2v) is 8.60. The third-order valence-corrected chi connectivity index (χ3v) is 5.09. The van der Waals surface area contributed by atoms with E-state index in [2.05, 4.69) is 56.4 Å². The molecule has 1 aliphatic rings. The van der Waals surface area contributed by atoms with E-state index in [9.17, 15) is 8.42 Å². The van der Waals surface area contributed by atoms with E-state index in [0.717, 1.165) is 38.3 Å². The number of benzene rings is 1. The summed E-state index contributed by atoms with van der Waals surface area (Å²) in [5, 5.41) is 6.71. The van der Waals surface area contributed by atoms with Crippen molar-refractivity contribution < 1.29 is 8.42 Å². The first-order valence-electron chi connectivity index (χ1n) is 9.15. The summed E-state index contributed by atoms with van der Waals surface area (Å²) in [6.07, 6.45) is 2.21. The van der Waals surface area contributed by atoms with Crippen molar-refractivity contribution in [2.45, 2.75) is 38.9 Å². The van der Waals surface area contributed by atoms with Gasteiger partial charge >= 0.3 is 0 Å². The second-order valence-electron chi connectivity index (χ2n) is 6.77. The Labute approximate surface area is 157 Å². The Kier molecular flexibility index (Phi) is 7.86. The van der Waals surface area contributed by atoms with Crippen molar-refractivity contribution in [2.24, 2.45) is 4.99 Å². The zero-order chi connectivity index (χ0) is 19.0. The number of nitrogens with zero attached hydrogens (tertiary/aromatic N) is 2. The van der Waals surface area contributed by atoms with Crippen LogP contribution in [0.15, 0.2) is 35.3 Å². The van der Waals surface area contributed by atoms with Gasteiger partial charge in [-0.1, -0.05) is 30.3 Å². The Hall–Kier alpha value is -1.64. The normalized spacial score (nSPS) is 21.7. The molecule has 2 atom stereocenters. The number of sulfonamides is 1. The molecule has 1 aliphatic heterocycles. The van der Waals surface area contributed by atoms with Crippen molar-refractivity contribution in [1.82, 2.24) is 20.3 Å². The molecule has 0 spiro atoms. The minimum atomic E-state index is -3.17. The van der Waals surface area contributed by atoms with Crippen LogP contribution in [0, 0.1) is 0 Å². The molecule has 1 saturated heterocycles. The van der Waals surface area contributed by atoms with Gasteiger partial charge in [-0.05, 0) is 25.8 Å². The molecule has 7 nitrogen and oxygen atoms in total. The third-order valence-electron chi connectivity index (χ3n) is 4.36. The molecule has 0 saturated carbocycles. The lowest BCUT2D eigenvalue weighted by Crippen LogP contribution is -2.45. The number of nitrogens with one attached hydrogen (secondary N) is 3. The van der Waals surface area contributed by atoms with Crippen LogP contribution >= 0.6 is 0 Å². The third kappa shape index (κ3) is 7.31. The Morgan fingerprint density at radius 2 is 2.04 bits per heavy atom. The summed E-state index contributed by atoms with van der Waals surface area (Å²) >= 11 is 0. The number of guanidine groups is 1. The van der Waals surface area contributed by atoms with Gasteiger partial charge in [-0.3, -0.25) is 9.89 Å². The van der Waals surface area contributed by atoms with Gasteiger partial charge in [-0.25, -0.2) is 13.1 Å². The molecule has 2 unspecified atom stereocenters. The van der Waals surface area contributed by atoms with Gasteiger partial charge in [0.15, 0.2) is 5.96 Å². The molecule has 1 heterocycles. The molecule has 1 aromatic rings. The molecule has 146 valence electrons. The fourth-order valence-corrected chi connectivity index (χ4v) is 3.62. The van der Waals surface area contributed by atoms with Crippen LogP contribution < -0.4 is 15.4 Å². The van der Waals surface area contributed by atoms with Gasteiger partial charge in [-0.15, -0.1) is 0 Å². The average Bonchev–Trinajstić information content (AvgIpc) is 2.91. The maximum atomic E-state index is 11.1. The molecule has 1 fully saturated rings. The smallest absolute Gasteiger partial charge is 0.208 e. The summed E-state index contributed by atoms with van der Waals surface area (Å²) < 4.78 is 24.7. The van der Waals surface area contributed by atoms with Crippen LogP contribution in [0.5, 0.6) is 0 Å². The fraction of sp³-hybridized carbons (Fsp3) is 0.611. The first-order valence-corrected chi connectivity index (χ1v) is 11.0. The lowest BCUT2D eigenvalue weighted by Gasteiger charge is -2.21. The van der Waals surface area contributed by atoms with Crippen molar-refractivity contribution in [1.29, 1.82) is 0 Å². The zero-order valence-electron chi connectivity index (χ0n) is 15.9. The Balaban J connectivity index is 1.86. The Bertz CT molecular complexity index is 678. The van der Waals surface area contributed by atoms with E-state index < -0.39 is 10.0 Å². The van der Waals surface area contributed by atoms with Gasteiger partial charge < -0.3 is 10.6 Å². The number of hydrogen-bond acceptors (Lipinski definition) is 4. The molecule has 0 aliphatic carbocycles. The molecule has 0 aromatic heterocycles. The van der Waals surface area contributed by atoms with E-state index in [0.29, 0.717) is 25.2 Å². The summed E-state index contributed by atoms with van der Waals surface area (Å²) in [6, 6.07) is 11.3. The average molecular weight is 382 g/mol. The minimum absolute atomic E-state index is 0.302. The molecule has 26 heavy (non-hydrogen) atoms. The minimum Gasteiger partial charge on any atom is -0.357 e. The topological polar surface area (TPSA) is 85.8 Å². The lowest BCUT2D eigenvalue weighted by molar-refractivity contribution is 0.258. The van der Waals surface area contributed by atoms with Crippen LogP contribution in [-0.4, -0.2) is 63.8 Å². The van der Waals surface area contributed by atoms with Gasteiger partial charge in [0.1, 0.15) is 0 Å². The molecule has 0 bridgehead atoms. The van der Waals surface area contributed by atoms with Gasteiger partial charge in [0, 0.05) is 38.3 Å². The van der Waals surface area contributed by atoms with Crippen molar-refractivity contribution in [3.63, 3.8) is 0 Å². The first kappa shape index (κ1) is 20.7. The summed E-state index contributed by atoms with van der Waals surface area (Å²) in [5.41, 5.74) is 1.33. The standard InChI is InChI=1S/C18H31N5O2S/c1-4-19-18(20-10-11-21-26(3,24)25)22-17-12-15(2)23(14-17)13-16-8-6-5-7-9-16/h5-9,15,17,21H,4,10-14H2,1-3H3,(H2,19,20,22). The number of rotatable bonds is 8. The molecule has 1 aromatic carbocycles. The van der Waals surface area contributed by atoms with Crippen molar-refractivity contribution in [3.8, 4) is 0 Å². The predicted molar refractivity (Wildman–Crippen MR) is 107 cm³/mol. The van der Waals surface area contributed by atoms with Gasteiger partial charge in [0.25, 0.3) is 0 Å². The maximum Gasteiger partial charge on any atom is 0.208 e. The van der Waals surface area contributed by atoms with E-state index in [1.807, 2.05) is 13.0 Å². The maximum absolute atomic E-state index is 11.1. The highest BCUT2D eigenvalue weighted by atomic mass is 32.2. The van der Waals surface area contributed by atoms with E-state index in [-0.39, 0.29) is 0 Å². The highest BCUT2D eigenvalue weighted by Gasteiger charge is 2.29. The fourth-order valence-electron chi connectivity index (χ4n) is 3.15. The molecule has 2 rings (SSSR count). The van der Waals surface area contributed by atoms with E-state index >= 15 is 0 Å². The van der Waals surface area contributed by atoms with Gasteiger partial charge in [-0.2, -0.15) is 0 Å². The second kappa shape index (κ2) is 9.89. The Morgan fingerprint density at radius 1 is 1.31 bits per heavy atom. The quantitative estimate of drug-likeness (QED) is 0.352. The van der Waals surface area contributed by atoms with Crippen LogP contribution in [0.4, 0.5) is 0 Å². The molecule has 8 heteroatoms. The van der Waals surface area contributed by atoms with Crippen molar-refractivity contribution in [2.75, 3.05) is 32.4 Å². The summed E-state index contributed by atoms with van der Waals surface area (Å²) in [7, 11) is -3.17. The van der Waals surface area contributed by atoms with Crippen LogP contribution in [0.2, 0.25) is 0 Å². The van der Waals surface area contributed by atoms with E-state index in [1.165, 1.54) is 5.56 Å². The van der Waals surface area contributed by atoms with Crippen molar-refractivity contribution >= 4 is 16.0 Å². The van der Waals surface area contributed by atoms with Crippen LogP contribution in [0.3, 0.4) is 0 Å². The molecular formula is C18H31N5O2S. The summed E-state index contributed by atoms with van der Waals surface area (Å²) in [6.45, 7) is 7.65. The van der Waals surface area contributed by atoms with Gasteiger partial charge in [0.05, 0.1) is 12.8 Å². The number of likely N-dealkylation sites (tertiary alicyclic amines) is 1. The zero-order valence-corrected chi connectivity index (χ0v) is 16.7. The first-order chi connectivity index (χ1) is 12.4. The lowest BCUT2D eigenvalue weighted by atomic mass is 10.2. The number of hydrogen-bond donors (Lipinski definition) is 3. The molecule has 3 N–H and O–H groups in total. The van der Waals surface area contributed by atoms with E-state index in [4.69, 9.17) is 0 Å². The molecular weight excluding hydrogens is 350 g/mol. The highest BCUT2D eigenvalue weighted by molar-refractivity contribution is 7.88. The predicted octanol–water partition coefficient (Wildman–Crippen LogP) is 0.754. The highest BCUT2D eigenvalue weighted by Crippen LogP contribution is 2.20. The van der Waals surface area contributed by atoms with E-state index in [1.54, 1.807) is 0 Å². The van der Waals surface area contributed by atoms with Gasteiger partial charge in [0.2, 0.25) is 10.0 Å². The summed E-state index contributed by atoms with van der Waals surface area (Å²) in [4.78, 5) is 6.94. The van der Waals surface area contributed by atoms with Crippen LogP contribution in [0.25, 0.3) is 0 Å². The Morgan fingerprint density at radius 3 is 2.69 bits per heavy atom. The largest absolute Gasteiger partial charge is 0.357 e. The van der Waals surface area contributed by atoms with Crippen molar-refractivity contribution in [3.05, 3.63) is 35.9 Å². The molecule has 0 amide bonds. The molecule has 0 radical (unpaired) electrons. The van der Waals surface area contributed by atoms with Crippen LogP contribution in [0.1, 0.15) is 25.8 Å². The summed E-state index contributed by atoms with van der Waals surface area (Å²) in [5.74, 6) is 0.738. The number of aliphatic imine (C=N–C) groups is 1. The van der Waals surface area contributed by atoms with Crippen LogP contribution in [-0.2, 0) is 16.6 Å².